The Labute approximate surface area is 137 Å². The highest BCUT2D eigenvalue weighted by Crippen LogP contribution is 2.23. The predicted molar refractivity (Wildman–Crippen MR) is 95.2 cm³/mol. The first kappa shape index (κ1) is 15.4. The molecule has 1 fully saturated rings. The number of rotatable bonds is 2. The van der Waals surface area contributed by atoms with Crippen molar-refractivity contribution in [3.8, 4) is 0 Å². The van der Waals surface area contributed by atoms with Gasteiger partial charge in [-0.25, -0.2) is 4.79 Å². The maximum absolute atomic E-state index is 12.3. The van der Waals surface area contributed by atoms with Gasteiger partial charge in [0.1, 0.15) is 0 Å². The summed E-state index contributed by atoms with van der Waals surface area (Å²) in [5, 5.41) is 2.96. The Morgan fingerprint density at radius 1 is 0.957 bits per heavy atom. The number of benzene rings is 2. The molecule has 1 heterocycles. The van der Waals surface area contributed by atoms with Gasteiger partial charge in [-0.2, -0.15) is 0 Å². The highest BCUT2D eigenvalue weighted by atomic mass is 16.2. The number of para-hydroxylation sites is 1. The molecule has 0 aromatic heterocycles. The first-order valence-corrected chi connectivity index (χ1v) is 8.06. The topological polar surface area (TPSA) is 35.6 Å². The van der Waals surface area contributed by atoms with Crippen molar-refractivity contribution in [3.63, 3.8) is 0 Å². The lowest BCUT2D eigenvalue weighted by atomic mass is 10.1. The molecule has 1 aliphatic rings. The van der Waals surface area contributed by atoms with E-state index >= 15 is 0 Å². The van der Waals surface area contributed by atoms with Crippen molar-refractivity contribution >= 4 is 17.4 Å². The minimum atomic E-state index is -0.0168. The Kier molecular flexibility index (Phi) is 4.51. The van der Waals surface area contributed by atoms with Crippen LogP contribution in [0.25, 0.3) is 0 Å². The molecule has 0 atom stereocenters. The third-order valence-corrected chi connectivity index (χ3v) is 4.30. The fourth-order valence-electron chi connectivity index (χ4n) is 2.93. The van der Waals surface area contributed by atoms with Crippen LogP contribution in [0.15, 0.2) is 48.5 Å². The summed E-state index contributed by atoms with van der Waals surface area (Å²) in [5.74, 6) is 0. The van der Waals surface area contributed by atoms with E-state index in [-0.39, 0.29) is 6.03 Å². The van der Waals surface area contributed by atoms with Gasteiger partial charge in [0.2, 0.25) is 0 Å². The molecule has 3 rings (SSSR count). The molecule has 2 aromatic carbocycles. The third kappa shape index (κ3) is 3.65. The molecule has 0 unspecified atom stereocenters. The van der Waals surface area contributed by atoms with Crippen molar-refractivity contribution in [3.05, 3.63) is 59.7 Å². The van der Waals surface area contributed by atoms with Gasteiger partial charge in [-0.3, -0.25) is 0 Å². The van der Waals surface area contributed by atoms with Crippen molar-refractivity contribution in [1.29, 1.82) is 0 Å². The number of aryl methyl sites for hydroxylation is 2. The number of nitrogens with zero attached hydrogens (tertiary/aromatic N) is 2. The number of hydrogen-bond acceptors (Lipinski definition) is 2. The molecule has 4 nitrogen and oxygen atoms in total. The van der Waals surface area contributed by atoms with Crippen LogP contribution in [-0.4, -0.2) is 37.1 Å². The lowest BCUT2D eigenvalue weighted by Crippen LogP contribution is -2.50. The first-order chi connectivity index (χ1) is 11.1. The maximum atomic E-state index is 12.3. The largest absolute Gasteiger partial charge is 0.368 e. The standard InChI is InChI=1S/C19H23N3O/c1-15-8-9-16(2)18(14-15)21-10-12-22(13-11-21)19(23)20-17-6-4-3-5-7-17/h3-9,14H,10-13H2,1-2H3,(H,20,23). The van der Waals surface area contributed by atoms with E-state index in [0.717, 1.165) is 31.9 Å². The third-order valence-electron chi connectivity index (χ3n) is 4.30. The van der Waals surface area contributed by atoms with E-state index in [9.17, 15) is 4.79 Å². The molecule has 23 heavy (non-hydrogen) atoms. The van der Waals surface area contributed by atoms with Crippen molar-refractivity contribution in [2.24, 2.45) is 0 Å². The molecule has 1 aliphatic heterocycles. The summed E-state index contributed by atoms with van der Waals surface area (Å²) < 4.78 is 0. The predicted octanol–water partition coefficient (Wildman–Crippen LogP) is 3.66. The van der Waals surface area contributed by atoms with Crippen LogP contribution in [0, 0.1) is 13.8 Å². The van der Waals surface area contributed by atoms with Crippen LogP contribution >= 0.6 is 0 Å². The van der Waals surface area contributed by atoms with Gasteiger partial charge < -0.3 is 15.1 Å². The molecule has 0 bridgehead atoms. The number of urea groups is 1. The van der Waals surface area contributed by atoms with Gasteiger partial charge in [0.15, 0.2) is 0 Å². The highest BCUT2D eigenvalue weighted by molar-refractivity contribution is 5.89. The molecule has 1 N–H and O–H groups in total. The molecule has 1 saturated heterocycles. The second-order valence-electron chi connectivity index (χ2n) is 6.06. The van der Waals surface area contributed by atoms with Gasteiger partial charge in [0.25, 0.3) is 0 Å². The average molecular weight is 309 g/mol. The summed E-state index contributed by atoms with van der Waals surface area (Å²) in [7, 11) is 0. The minimum Gasteiger partial charge on any atom is -0.368 e. The van der Waals surface area contributed by atoms with Crippen molar-refractivity contribution < 1.29 is 4.79 Å². The van der Waals surface area contributed by atoms with Crippen LogP contribution in [0.1, 0.15) is 11.1 Å². The Balaban J connectivity index is 1.60. The van der Waals surface area contributed by atoms with Crippen LogP contribution in [0.5, 0.6) is 0 Å². The molecule has 0 saturated carbocycles. The van der Waals surface area contributed by atoms with Gasteiger partial charge in [-0.15, -0.1) is 0 Å². The average Bonchev–Trinajstić information content (AvgIpc) is 2.58. The number of piperazine rings is 1. The number of anilines is 2. The van der Waals surface area contributed by atoms with E-state index in [0.29, 0.717) is 0 Å². The van der Waals surface area contributed by atoms with Crippen LogP contribution in [0.3, 0.4) is 0 Å². The van der Waals surface area contributed by atoms with Gasteiger partial charge >= 0.3 is 6.03 Å². The number of hydrogen-bond donors (Lipinski definition) is 1. The van der Waals surface area contributed by atoms with E-state index in [4.69, 9.17) is 0 Å². The van der Waals surface area contributed by atoms with Gasteiger partial charge in [-0.05, 0) is 43.2 Å². The SMILES string of the molecule is Cc1ccc(C)c(N2CCN(C(=O)Nc3ccccc3)CC2)c1. The lowest BCUT2D eigenvalue weighted by molar-refractivity contribution is 0.208. The minimum absolute atomic E-state index is 0.0168. The summed E-state index contributed by atoms with van der Waals surface area (Å²) in [6.07, 6.45) is 0. The van der Waals surface area contributed by atoms with E-state index in [1.165, 1.54) is 16.8 Å². The molecule has 4 heteroatoms. The zero-order valence-electron chi connectivity index (χ0n) is 13.7. The Bertz CT molecular complexity index is 676. The summed E-state index contributed by atoms with van der Waals surface area (Å²) in [6, 6.07) is 16.1. The number of amides is 2. The summed E-state index contributed by atoms with van der Waals surface area (Å²) in [4.78, 5) is 16.6. The maximum Gasteiger partial charge on any atom is 0.321 e. The van der Waals surface area contributed by atoms with Crippen LogP contribution < -0.4 is 10.2 Å². The first-order valence-electron chi connectivity index (χ1n) is 8.06. The molecule has 0 radical (unpaired) electrons. The van der Waals surface area contributed by atoms with E-state index in [2.05, 4.69) is 42.3 Å². The molecule has 0 aliphatic carbocycles. The number of carbonyl (C=O) groups is 1. The summed E-state index contributed by atoms with van der Waals surface area (Å²) >= 11 is 0. The van der Waals surface area contributed by atoms with Crippen LogP contribution in [0.2, 0.25) is 0 Å². The van der Waals surface area contributed by atoms with E-state index in [1.54, 1.807) is 0 Å². The Hall–Kier alpha value is -2.49. The molecule has 2 aromatic rings. The number of nitrogens with one attached hydrogen (secondary N) is 1. The molecular weight excluding hydrogens is 286 g/mol. The fourth-order valence-corrected chi connectivity index (χ4v) is 2.93. The molecule has 0 spiro atoms. The van der Waals surface area contributed by atoms with Crippen LogP contribution in [0.4, 0.5) is 16.2 Å². The zero-order valence-corrected chi connectivity index (χ0v) is 13.7. The zero-order chi connectivity index (χ0) is 16.2. The summed E-state index contributed by atoms with van der Waals surface area (Å²) in [6.45, 7) is 7.48. The smallest absolute Gasteiger partial charge is 0.321 e. The summed E-state index contributed by atoms with van der Waals surface area (Å²) in [5.41, 5.74) is 4.69. The quantitative estimate of drug-likeness (QED) is 0.919. The van der Waals surface area contributed by atoms with Gasteiger partial charge in [0.05, 0.1) is 0 Å². The fraction of sp³-hybridized carbons (Fsp3) is 0.316. The van der Waals surface area contributed by atoms with Gasteiger partial charge in [0, 0.05) is 37.6 Å². The van der Waals surface area contributed by atoms with E-state index < -0.39 is 0 Å². The molecule has 120 valence electrons. The Morgan fingerprint density at radius 2 is 1.65 bits per heavy atom. The van der Waals surface area contributed by atoms with Crippen molar-refractivity contribution in [2.45, 2.75) is 13.8 Å². The molecular formula is C19H23N3O. The van der Waals surface area contributed by atoms with E-state index in [1.807, 2.05) is 35.2 Å². The van der Waals surface area contributed by atoms with Crippen molar-refractivity contribution in [2.75, 3.05) is 36.4 Å². The monoisotopic (exact) mass is 309 g/mol. The normalized spacial score (nSPS) is 14.7. The van der Waals surface area contributed by atoms with Gasteiger partial charge in [-0.1, -0.05) is 30.3 Å². The Morgan fingerprint density at radius 3 is 2.35 bits per heavy atom. The second-order valence-corrected chi connectivity index (χ2v) is 6.06. The second kappa shape index (κ2) is 6.73. The highest BCUT2D eigenvalue weighted by Gasteiger charge is 2.22. The lowest BCUT2D eigenvalue weighted by Gasteiger charge is -2.36. The van der Waals surface area contributed by atoms with Crippen molar-refractivity contribution in [1.82, 2.24) is 4.90 Å². The van der Waals surface area contributed by atoms with Crippen LogP contribution in [-0.2, 0) is 0 Å². The number of carbonyl (C=O) groups excluding carboxylic acids is 1. The molecule has 2 amide bonds.